The Bertz CT molecular complexity index is 1060. The van der Waals surface area contributed by atoms with Crippen molar-refractivity contribution in [3.05, 3.63) is 70.0 Å². The smallest absolute Gasteiger partial charge is 0.258 e. The zero-order valence-corrected chi connectivity index (χ0v) is 18.8. The van der Waals surface area contributed by atoms with Crippen LogP contribution in [0.4, 0.5) is 11.6 Å². The summed E-state index contributed by atoms with van der Waals surface area (Å²) < 4.78 is 7.43. The minimum atomic E-state index is -0.262. The third-order valence-electron chi connectivity index (χ3n) is 5.06. The fraction of sp³-hybridized carbons (Fsp3) is 0.318. The monoisotopic (exact) mass is 459 g/mol. The van der Waals surface area contributed by atoms with Crippen LogP contribution in [0.1, 0.15) is 29.8 Å². The van der Waals surface area contributed by atoms with Crippen molar-refractivity contribution in [3.8, 4) is 0 Å². The van der Waals surface area contributed by atoms with Crippen LogP contribution in [0.3, 0.4) is 0 Å². The number of amides is 1. The number of nitrogens with zero attached hydrogens (tertiary/aromatic N) is 4. The maximum absolute atomic E-state index is 12.8. The minimum absolute atomic E-state index is 0.141. The second kappa shape index (κ2) is 9.26. The fourth-order valence-electron chi connectivity index (χ4n) is 3.66. The predicted molar refractivity (Wildman–Crippen MR) is 122 cm³/mol. The Labute approximate surface area is 190 Å². The van der Waals surface area contributed by atoms with Crippen LogP contribution in [0.2, 0.25) is 10.0 Å². The highest BCUT2D eigenvalue weighted by molar-refractivity contribution is 6.42. The molecular weight excluding hydrogens is 437 g/mol. The van der Waals surface area contributed by atoms with Gasteiger partial charge in [-0.2, -0.15) is 5.10 Å². The largest absolute Gasteiger partial charge is 0.372 e. The van der Waals surface area contributed by atoms with Crippen molar-refractivity contribution in [1.29, 1.82) is 0 Å². The summed E-state index contributed by atoms with van der Waals surface area (Å²) in [6, 6.07) is 10.8. The zero-order valence-electron chi connectivity index (χ0n) is 17.3. The fourth-order valence-corrected chi connectivity index (χ4v) is 4.04. The van der Waals surface area contributed by atoms with Gasteiger partial charge in [-0.15, -0.1) is 0 Å². The molecule has 3 aromatic rings. The molecule has 0 bridgehead atoms. The number of aromatic nitrogens is 3. The van der Waals surface area contributed by atoms with Gasteiger partial charge in [0.1, 0.15) is 11.6 Å². The highest BCUT2D eigenvalue weighted by atomic mass is 35.5. The molecule has 0 radical (unpaired) electrons. The number of carbonyl (C=O) groups excluding carboxylic acids is 1. The molecule has 4 rings (SSSR count). The number of halogens is 2. The number of hydrogen-bond acceptors (Lipinski definition) is 5. The van der Waals surface area contributed by atoms with Gasteiger partial charge >= 0.3 is 0 Å². The Morgan fingerprint density at radius 1 is 1.16 bits per heavy atom. The molecule has 9 heteroatoms. The van der Waals surface area contributed by atoms with E-state index in [1.165, 1.54) is 0 Å². The average Bonchev–Trinajstić information content (AvgIpc) is 3.17. The first-order valence-corrected chi connectivity index (χ1v) is 10.8. The van der Waals surface area contributed by atoms with Crippen molar-refractivity contribution in [1.82, 2.24) is 14.8 Å². The van der Waals surface area contributed by atoms with Crippen molar-refractivity contribution < 1.29 is 9.53 Å². The Kier molecular flexibility index (Phi) is 6.46. The van der Waals surface area contributed by atoms with Crippen LogP contribution in [0.15, 0.2) is 48.8 Å². The number of benzene rings is 1. The van der Waals surface area contributed by atoms with Crippen LogP contribution in [0.25, 0.3) is 0 Å². The molecule has 0 aliphatic carbocycles. The number of ether oxygens (including phenoxy) is 1. The number of carbonyl (C=O) groups is 1. The number of nitrogens with one attached hydrogen (secondary N) is 1. The average molecular weight is 460 g/mol. The van der Waals surface area contributed by atoms with E-state index in [4.69, 9.17) is 27.9 Å². The maximum Gasteiger partial charge on any atom is 0.258 e. The third-order valence-corrected chi connectivity index (χ3v) is 5.92. The number of anilines is 2. The van der Waals surface area contributed by atoms with Crippen LogP contribution < -0.4 is 10.2 Å². The first-order chi connectivity index (χ1) is 14.9. The lowest BCUT2D eigenvalue weighted by Gasteiger charge is -2.36. The van der Waals surface area contributed by atoms with Crippen molar-refractivity contribution in [2.24, 2.45) is 0 Å². The summed E-state index contributed by atoms with van der Waals surface area (Å²) in [4.78, 5) is 19.4. The summed E-state index contributed by atoms with van der Waals surface area (Å²) in [5, 5.41) is 8.12. The molecule has 2 unspecified atom stereocenters. The highest BCUT2D eigenvalue weighted by Crippen LogP contribution is 2.27. The maximum atomic E-state index is 12.8. The molecule has 0 saturated carbocycles. The normalized spacial score (nSPS) is 18.8. The van der Waals surface area contributed by atoms with E-state index in [-0.39, 0.29) is 18.1 Å². The number of hydrogen-bond donors (Lipinski definition) is 1. The molecule has 7 nitrogen and oxygen atoms in total. The summed E-state index contributed by atoms with van der Waals surface area (Å²) in [5.74, 6) is 1.13. The highest BCUT2D eigenvalue weighted by Gasteiger charge is 2.23. The zero-order chi connectivity index (χ0) is 22.0. The van der Waals surface area contributed by atoms with Gasteiger partial charge in [-0.3, -0.25) is 4.79 Å². The van der Waals surface area contributed by atoms with Gasteiger partial charge in [-0.05, 0) is 37.6 Å². The van der Waals surface area contributed by atoms with E-state index >= 15 is 0 Å². The standard InChI is InChI=1S/C22H23Cl2N5O2/c1-14-11-28(12-15(2)31-14)19-7-6-16(10-25-19)22(30)27-20-8-9-26-29(20)13-17-4-3-5-18(23)21(17)24/h3-10,14-15H,11-13H2,1-2H3,(H,27,30). The van der Waals surface area contributed by atoms with Gasteiger partial charge in [0.2, 0.25) is 0 Å². The predicted octanol–water partition coefficient (Wildman–Crippen LogP) is 4.50. The number of morpholine rings is 1. The molecule has 2 aromatic heterocycles. The van der Waals surface area contributed by atoms with Gasteiger partial charge in [0, 0.05) is 25.4 Å². The second-order valence-corrected chi connectivity index (χ2v) is 8.39. The lowest BCUT2D eigenvalue weighted by Crippen LogP contribution is -2.45. The first kappa shape index (κ1) is 21.6. The lowest BCUT2D eigenvalue weighted by molar-refractivity contribution is -0.00546. The lowest BCUT2D eigenvalue weighted by atomic mass is 10.2. The van der Waals surface area contributed by atoms with Crippen LogP contribution in [-0.4, -0.2) is 46.0 Å². The molecule has 1 fully saturated rings. The van der Waals surface area contributed by atoms with Crippen LogP contribution >= 0.6 is 23.2 Å². The molecule has 1 aliphatic heterocycles. The van der Waals surface area contributed by atoms with Gasteiger partial charge in [0.15, 0.2) is 0 Å². The van der Waals surface area contributed by atoms with E-state index in [1.54, 1.807) is 35.3 Å². The molecule has 3 heterocycles. The summed E-state index contributed by atoms with van der Waals surface area (Å²) in [6.07, 6.45) is 3.49. The Balaban J connectivity index is 1.44. The topological polar surface area (TPSA) is 72.3 Å². The van der Waals surface area contributed by atoms with E-state index in [2.05, 4.69) is 20.3 Å². The summed E-state index contributed by atoms with van der Waals surface area (Å²) in [6.45, 7) is 6.02. The third kappa shape index (κ3) is 5.01. The van der Waals surface area contributed by atoms with Crippen molar-refractivity contribution in [2.45, 2.75) is 32.6 Å². The Morgan fingerprint density at radius 3 is 2.65 bits per heavy atom. The quantitative estimate of drug-likeness (QED) is 0.607. The SMILES string of the molecule is CC1CN(c2ccc(C(=O)Nc3ccnn3Cc3cccc(Cl)c3Cl)cn2)CC(C)O1. The molecule has 0 spiro atoms. The molecule has 1 amide bonds. The molecule has 1 aliphatic rings. The molecular formula is C22H23Cl2N5O2. The Morgan fingerprint density at radius 2 is 1.94 bits per heavy atom. The van der Waals surface area contributed by atoms with E-state index in [1.807, 2.05) is 32.0 Å². The van der Waals surface area contributed by atoms with E-state index in [9.17, 15) is 4.79 Å². The van der Waals surface area contributed by atoms with Crippen LogP contribution in [0.5, 0.6) is 0 Å². The summed E-state index contributed by atoms with van der Waals surface area (Å²) >= 11 is 12.4. The molecule has 162 valence electrons. The molecule has 1 N–H and O–H groups in total. The van der Waals surface area contributed by atoms with Gasteiger partial charge in [-0.25, -0.2) is 9.67 Å². The number of rotatable bonds is 5. The van der Waals surface area contributed by atoms with Gasteiger partial charge < -0.3 is 15.0 Å². The molecule has 1 saturated heterocycles. The summed E-state index contributed by atoms with van der Waals surface area (Å²) in [5.41, 5.74) is 1.28. The van der Waals surface area contributed by atoms with E-state index in [0.29, 0.717) is 28.0 Å². The van der Waals surface area contributed by atoms with Crippen LogP contribution in [-0.2, 0) is 11.3 Å². The molecule has 31 heavy (non-hydrogen) atoms. The van der Waals surface area contributed by atoms with Gasteiger partial charge in [0.05, 0.1) is 40.6 Å². The molecule has 2 atom stereocenters. The minimum Gasteiger partial charge on any atom is -0.372 e. The second-order valence-electron chi connectivity index (χ2n) is 7.61. The van der Waals surface area contributed by atoms with Crippen LogP contribution in [0, 0.1) is 0 Å². The summed E-state index contributed by atoms with van der Waals surface area (Å²) in [7, 11) is 0. The molecule has 1 aromatic carbocycles. The van der Waals surface area contributed by atoms with E-state index in [0.717, 1.165) is 24.5 Å². The van der Waals surface area contributed by atoms with Crippen molar-refractivity contribution in [2.75, 3.05) is 23.3 Å². The number of pyridine rings is 1. The van der Waals surface area contributed by atoms with Crippen molar-refractivity contribution >= 4 is 40.7 Å². The van der Waals surface area contributed by atoms with Gasteiger partial charge in [-0.1, -0.05) is 35.3 Å². The first-order valence-electron chi connectivity index (χ1n) is 10.0. The van der Waals surface area contributed by atoms with Gasteiger partial charge in [0.25, 0.3) is 5.91 Å². The van der Waals surface area contributed by atoms with Crippen molar-refractivity contribution in [3.63, 3.8) is 0 Å². The van der Waals surface area contributed by atoms with E-state index < -0.39 is 0 Å². The Hall–Kier alpha value is -2.61.